The lowest BCUT2D eigenvalue weighted by atomic mass is 10.1. The van der Waals surface area contributed by atoms with Gasteiger partial charge < -0.3 is 5.32 Å². The van der Waals surface area contributed by atoms with Crippen LogP contribution in [0.2, 0.25) is 5.02 Å². The van der Waals surface area contributed by atoms with Crippen molar-refractivity contribution in [3.63, 3.8) is 0 Å². The molecule has 168 valence electrons. The highest BCUT2D eigenvalue weighted by Crippen LogP contribution is 2.28. The van der Waals surface area contributed by atoms with E-state index in [0.717, 1.165) is 16.0 Å². The predicted octanol–water partition coefficient (Wildman–Crippen LogP) is 6.27. The fourth-order valence-electron chi connectivity index (χ4n) is 3.11. The number of amides is 1. The van der Waals surface area contributed by atoms with E-state index in [1.54, 1.807) is 24.3 Å². The molecule has 0 saturated carbocycles. The summed E-state index contributed by atoms with van der Waals surface area (Å²) < 4.78 is 28.3. The maximum absolute atomic E-state index is 12.8. The van der Waals surface area contributed by atoms with Crippen LogP contribution in [0.1, 0.15) is 24.5 Å². The van der Waals surface area contributed by atoms with Gasteiger partial charge in [-0.1, -0.05) is 36.7 Å². The number of sulfonamides is 1. The van der Waals surface area contributed by atoms with E-state index in [9.17, 15) is 13.2 Å². The predicted molar refractivity (Wildman–Crippen MR) is 133 cm³/mol. The third kappa shape index (κ3) is 6.06. The van der Waals surface area contributed by atoms with Gasteiger partial charge in [-0.05, 0) is 79.9 Å². The number of hydrogen-bond donors (Lipinski definition) is 2. The molecule has 8 heteroatoms. The van der Waals surface area contributed by atoms with Crippen LogP contribution in [0.15, 0.2) is 76.5 Å². The summed E-state index contributed by atoms with van der Waals surface area (Å²) in [6.45, 7) is 5.66. The van der Waals surface area contributed by atoms with Gasteiger partial charge in [-0.3, -0.25) is 9.52 Å². The number of aryl methyl sites for hydroxylation is 2. The summed E-state index contributed by atoms with van der Waals surface area (Å²) >= 11 is 7.38. The third-order valence-corrected chi connectivity index (χ3v) is 7.90. The second-order valence-corrected chi connectivity index (χ2v) is 10.7. The van der Waals surface area contributed by atoms with Crippen molar-refractivity contribution in [3.05, 3.63) is 82.9 Å². The summed E-state index contributed by atoms with van der Waals surface area (Å²) in [4.78, 5) is 13.8. The van der Waals surface area contributed by atoms with Gasteiger partial charge in [-0.25, -0.2) is 8.42 Å². The molecule has 0 aliphatic carbocycles. The summed E-state index contributed by atoms with van der Waals surface area (Å²) in [6, 6.07) is 19.1. The van der Waals surface area contributed by atoms with Crippen LogP contribution in [0, 0.1) is 13.8 Å². The number of hydrogen-bond acceptors (Lipinski definition) is 4. The number of carbonyl (C=O) groups is 1. The van der Waals surface area contributed by atoms with Crippen LogP contribution in [0.5, 0.6) is 0 Å². The standard InChI is InChI=1S/C24H25ClN2O3S2/c1-4-22(31-20-12-8-18(25)9-13-20)24(28)26-19-10-14-21(15-11-19)32(29,30)27-23-16(2)6-5-7-17(23)3/h5-15,22,27H,4H2,1-3H3,(H,26,28). The minimum absolute atomic E-state index is 0.126. The molecule has 2 N–H and O–H groups in total. The van der Waals surface area contributed by atoms with Crippen molar-refractivity contribution >= 4 is 50.7 Å². The molecule has 0 bridgehead atoms. The van der Waals surface area contributed by atoms with E-state index in [4.69, 9.17) is 11.6 Å². The molecule has 0 saturated heterocycles. The Hall–Kier alpha value is -2.48. The molecule has 0 spiro atoms. The smallest absolute Gasteiger partial charge is 0.261 e. The Balaban J connectivity index is 1.69. The Morgan fingerprint density at radius 2 is 1.56 bits per heavy atom. The van der Waals surface area contributed by atoms with Gasteiger partial charge in [0.2, 0.25) is 5.91 Å². The van der Waals surface area contributed by atoms with Gasteiger partial charge in [0.05, 0.1) is 15.8 Å². The second kappa shape index (κ2) is 10.4. The van der Waals surface area contributed by atoms with E-state index in [1.165, 1.54) is 23.9 Å². The number of thioether (sulfide) groups is 1. The first-order valence-corrected chi connectivity index (χ1v) is 12.9. The number of rotatable bonds is 8. The molecular formula is C24H25ClN2O3S2. The summed E-state index contributed by atoms with van der Waals surface area (Å²) in [5.41, 5.74) is 2.81. The van der Waals surface area contributed by atoms with Gasteiger partial charge in [0, 0.05) is 15.6 Å². The van der Waals surface area contributed by atoms with Crippen molar-refractivity contribution in [1.82, 2.24) is 0 Å². The molecule has 1 unspecified atom stereocenters. The van der Waals surface area contributed by atoms with Gasteiger partial charge in [0.15, 0.2) is 0 Å². The Morgan fingerprint density at radius 1 is 0.969 bits per heavy atom. The van der Waals surface area contributed by atoms with Crippen LogP contribution in [0.4, 0.5) is 11.4 Å². The average molecular weight is 489 g/mol. The number of para-hydroxylation sites is 1. The lowest BCUT2D eigenvalue weighted by Crippen LogP contribution is -2.24. The first-order valence-electron chi connectivity index (χ1n) is 10.1. The van der Waals surface area contributed by atoms with Gasteiger partial charge >= 0.3 is 0 Å². The highest BCUT2D eigenvalue weighted by Gasteiger charge is 2.20. The number of halogens is 1. The van der Waals surface area contributed by atoms with E-state index in [-0.39, 0.29) is 16.1 Å². The van der Waals surface area contributed by atoms with Crippen molar-refractivity contribution in [3.8, 4) is 0 Å². The second-order valence-electron chi connectivity index (χ2n) is 7.35. The van der Waals surface area contributed by atoms with Crippen molar-refractivity contribution in [2.75, 3.05) is 10.0 Å². The maximum atomic E-state index is 12.8. The molecule has 32 heavy (non-hydrogen) atoms. The Kier molecular flexibility index (Phi) is 7.87. The van der Waals surface area contributed by atoms with Gasteiger partial charge in [0.25, 0.3) is 10.0 Å². The summed E-state index contributed by atoms with van der Waals surface area (Å²) in [5.74, 6) is -0.142. The molecule has 3 aromatic rings. The van der Waals surface area contributed by atoms with E-state index < -0.39 is 10.0 Å². The lowest BCUT2D eigenvalue weighted by Gasteiger charge is -2.16. The van der Waals surface area contributed by atoms with E-state index in [1.807, 2.05) is 51.1 Å². The van der Waals surface area contributed by atoms with E-state index in [0.29, 0.717) is 22.8 Å². The van der Waals surface area contributed by atoms with Crippen molar-refractivity contribution < 1.29 is 13.2 Å². The molecule has 0 heterocycles. The highest BCUT2D eigenvalue weighted by atomic mass is 35.5. The first kappa shape index (κ1) is 24.2. The lowest BCUT2D eigenvalue weighted by molar-refractivity contribution is -0.115. The average Bonchev–Trinajstić information content (AvgIpc) is 2.76. The number of anilines is 2. The molecular weight excluding hydrogens is 464 g/mol. The molecule has 3 rings (SSSR count). The third-order valence-electron chi connectivity index (χ3n) is 4.90. The molecule has 5 nitrogen and oxygen atoms in total. The number of carbonyl (C=O) groups excluding carboxylic acids is 1. The van der Waals surface area contributed by atoms with E-state index >= 15 is 0 Å². The molecule has 1 atom stereocenters. The molecule has 0 aliphatic heterocycles. The van der Waals surface area contributed by atoms with Crippen LogP contribution in [0.25, 0.3) is 0 Å². The van der Waals surface area contributed by atoms with E-state index in [2.05, 4.69) is 10.0 Å². The summed E-state index contributed by atoms with van der Waals surface area (Å²) in [5, 5.41) is 3.23. The summed E-state index contributed by atoms with van der Waals surface area (Å²) in [7, 11) is -3.75. The largest absolute Gasteiger partial charge is 0.325 e. The highest BCUT2D eigenvalue weighted by molar-refractivity contribution is 8.00. The zero-order valence-electron chi connectivity index (χ0n) is 18.1. The zero-order valence-corrected chi connectivity index (χ0v) is 20.4. The van der Waals surface area contributed by atoms with Gasteiger partial charge in [-0.15, -0.1) is 11.8 Å². The number of nitrogens with one attached hydrogen (secondary N) is 2. The van der Waals surface area contributed by atoms with Crippen LogP contribution in [-0.4, -0.2) is 19.6 Å². The molecule has 0 radical (unpaired) electrons. The Bertz CT molecular complexity index is 1170. The Morgan fingerprint density at radius 3 is 2.12 bits per heavy atom. The minimum Gasteiger partial charge on any atom is -0.325 e. The number of benzene rings is 3. The van der Waals surface area contributed by atoms with Crippen LogP contribution in [-0.2, 0) is 14.8 Å². The SMILES string of the molecule is CCC(Sc1ccc(Cl)cc1)C(=O)Nc1ccc(S(=O)(=O)Nc2c(C)cccc2C)cc1. The van der Waals surface area contributed by atoms with Crippen LogP contribution >= 0.6 is 23.4 Å². The molecule has 0 fully saturated rings. The van der Waals surface area contributed by atoms with Gasteiger partial charge in [0.1, 0.15) is 0 Å². The van der Waals surface area contributed by atoms with Gasteiger partial charge in [-0.2, -0.15) is 0 Å². The van der Waals surface area contributed by atoms with Crippen LogP contribution < -0.4 is 10.0 Å². The fraction of sp³-hybridized carbons (Fsp3) is 0.208. The molecule has 1 amide bonds. The summed E-state index contributed by atoms with van der Waals surface area (Å²) in [6.07, 6.45) is 0.644. The van der Waals surface area contributed by atoms with Crippen molar-refractivity contribution in [2.45, 2.75) is 42.2 Å². The quantitative estimate of drug-likeness (QED) is 0.366. The molecule has 0 aliphatic rings. The minimum atomic E-state index is -3.75. The van der Waals surface area contributed by atoms with Crippen LogP contribution in [0.3, 0.4) is 0 Å². The topological polar surface area (TPSA) is 75.3 Å². The molecule has 3 aromatic carbocycles. The monoisotopic (exact) mass is 488 g/mol. The first-order chi connectivity index (χ1) is 15.2. The van der Waals surface area contributed by atoms with Crippen molar-refractivity contribution in [1.29, 1.82) is 0 Å². The van der Waals surface area contributed by atoms with Crippen molar-refractivity contribution in [2.24, 2.45) is 0 Å². The fourth-order valence-corrected chi connectivity index (χ4v) is 5.39. The normalized spacial score (nSPS) is 12.2. The Labute approximate surface area is 198 Å². The zero-order chi connectivity index (χ0) is 23.3. The molecule has 0 aromatic heterocycles. The maximum Gasteiger partial charge on any atom is 0.261 e.